The minimum atomic E-state index is -3.02. The zero-order valence-corrected chi connectivity index (χ0v) is 14.4. The quantitative estimate of drug-likeness (QED) is 0.878. The molecule has 1 amide bonds. The highest BCUT2D eigenvalue weighted by molar-refractivity contribution is 7.91. The van der Waals surface area contributed by atoms with Crippen molar-refractivity contribution < 1.29 is 13.2 Å². The van der Waals surface area contributed by atoms with E-state index in [-0.39, 0.29) is 24.0 Å². The highest BCUT2D eigenvalue weighted by atomic mass is 35.5. The predicted molar refractivity (Wildman–Crippen MR) is 87.6 cm³/mol. The van der Waals surface area contributed by atoms with Gasteiger partial charge in [-0.3, -0.25) is 9.69 Å². The number of likely N-dealkylation sites (N-methyl/N-ethyl adjacent to an activating group) is 1. The van der Waals surface area contributed by atoms with E-state index in [2.05, 4.69) is 5.32 Å². The first-order valence-electron chi connectivity index (χ1n) is 7.12. The number of benzene rings is 1. The summed E-state index contributed by atoms with van der Waals surface area (Å²) in [6.07, 6.45) is 0.474. The Morgan fingerprint density at radius 2 is 2.00 bits per heavy atom. The molecule has 0 radical (unpaired) electrons. The third kappa shape index (κ3) is 4.97. The second kappa shape index (κ2) is 6.56. The molecule has 7 heteroatoms. The van der Waals surface area contributed by atoms with Crippen LogP contribution in [-0.4, -0.2) is 49.9 Å². The van der Waals surface area contributed by atoms with Gasteiger partial charge in [-0.25, -0.2) is 8.42 Å². The number of hydrogen-bond donors (Lipinski definition) is 1. The maximum absolute atomic E-state index is 12.1. The zero-order valence-electron chi connectivity index (χ0n) is 12.8. The van der Waals surface area contributed by atoms with E-state index in [1.807, 2.05) is 36.2 Å². The van der Waals surface area contributed by atoms with Gasteiger partial charge in [0.25, 0.3) is 0 Å². The number of amides is 1. The van der Waals surface area contributed by atoms with Crippen molar-refractivity contribution in [2.45, 2.75) is 25.4 Å². The molecule has 1 aliphatic rings. The number of carbonyl (C=O) groups excluding carboxylic acids is 1. The largest absolute Gasteiger partial charge is 0.349 e. The number of rotatable bonds is 5. The molecule has 22 heavy (non-hydrogen) atoms. The molecule has 1 aromatic carbocycles. The van der Waals surface area contributed by atoms with Crippen LogP contribution in [0.5, 0.6) is 0 Å². The van der Waals surface area contributed by atoms with Gasteiger partial charge in [0, 0.05) is 11.6 Å². The zero-order chi connectivity index (χ0) is 16.4. The van der Waals surface area contributed by atoms with Crippen molar-refractivity contribution >= 4 is 27.3 Å². The van der Waals surface area contributed by atoms with Gasteiger partial charge in [0.1, 0.15) is 0 Å². The lowest BCUT2D eigenvalue weighted by atomic mass is 10.0. The molecule has 1 N–H and O–H groups in total. The van der Waals surface area contributed by atoms with Gasteiger partial charge >= 0.3 is 0 Å². The van der Waals surface area contributed by atoms with Gasteiger partial charge in [0.15, 0.2) is 9.84 Å². The monoisotopic (exact) mass is 344 g/mol. The number of nitrogens with one attached hydrogen (secondary N) is 1. The van der Waals surface area contributed by atoms with Crippen LogP contribution in [0.25, 0.3) is 0 Å². The van der Waals surface area contributed by atoms with E-state index in [9.17, 15) is 13.2 Å². The molecular formula is C15H21ClN2O3S. The average Bonchev–Trinajstić information content (AvgIpc) is 2.65. The summed E-state index contributed by atoms with van der Waals surface area (Å²) in [7, 11) is -1.17. The average molecular weight is 345 g/mol. The normalized spacial score (nSPS) is 23.6. The first-order valence-corrected chi connectivity index (χ1v) is 9.32. The van der Waals surface area contributed by atoms with E-state index < -0.39 is 15.4 Å². The second-order valence-electron chi connectivity index (χ2n) is 6.25. The molecule has 0 spiro atoms. The number of nitrogens with zero attached hydrogens (tertiary/aromatic N) is 1. The van der Waals surface area contributed by atoms with Crippen molar-refractivity contribution in [3.63, 3.8) is 0 Å². The van der Waals surface area contributed by atoms with Gasteiger partial charge in [-0.05, 0) is 38.1 Å². The molecule has 0 aliphatic carbocycles. The van der Waals surface area contributed by atoms with Crippen molar-refractivity contribution in [1.82, 2.24) is 10.2 Å². The standard InChI is InChI=1S/C15H21ClN2O3S/c1-15(7-8-22(20,21)11-15)17-14(19)10-18(2)9-12-3-5-13(16)6-4-12/h3-6H,7-11H2,1-2H3,(H,17,19)/t15-/m1/s1. The van der Waals surface area contributed by atoms with Gasteiger partial charge in [-0.1, -0.05) is 23.7 Å². The van der Waals surface area contributed by atoms with Crippen molar-refractivity contribution in [1.29, 1.82) is 0 Å². The second-order valence-corrected chi connectivity index (χ2v) is 8.87. The first kappa shape index (κ1) is 17.2. The van der Waals surface area contributed by atoms with Crippen LogP contribution in [-0.2, 0) is 21.2 Å². The number of sulfone groups is 1. The summed E-state index contributed by atoms with van der Waals surface area (Å²) in [5.41, 5.74) is 0.422. The highest BCUT2D eigenvalue weighted by Crippen LogP contribution is 2.22. The summed E-state index contributed by atoms with van der Waals surface area (Å²) in [5, 5.41) is 3.54. The molecule has 0 bridgehead atoms. The smallest absolute Gasteiger partial charge is 0.234 e. The molecule has 0 saturated carbocycles. The molecule has 1 aromatic rings. The van der Waals surface area contributed by atoms with Crippen molar-refractivity contribution in [3.05, 3.63) is 34.9 Å². The lowest BCUT2D eigenvalue weighted by molar-refractivity contribution is -0.123. The van der Waals surface area contributed by atoms with Crippen LogP contribution in [0, 0.1) is 0 Å². The molecule has 0 unspecified atom stereocenters. The van der Waals surface area contributed by atoms with Crippen LogP contribution in [0.3, 0.4) is 0 Å². The first-order chi connectivity index (χ1) is 10.2. The predicted octanol–water partition coefficient (Wildman–Crippen LogP) is 1.47. The molecule has 1 atom stereocenters. The minimum Gasteiger partial charge on any atom is -0.349 e. The van der Waals surface area contributed by atoms with Crippen molar-refractivity contribution in [3.8, 4) is 0 Å². The number of hydrogen-bond acceptors (Lipinski definition) is 4. The Kier molecular flexibility index (Phi) is 5.14. The van der Waals surface area contributed by atoms with Gasteiger partial charge < -0.3 is 5.32 Å². The fraction of sp³-hybridized carbons (Fsp3) is 0.533. The molecule has 1 heterocycles. The molecule has 5 nitrogen and oxygen atoms in total. The van der Waals surface area contributed by atoms with Gasteiger partial charge in [0.2, 0.25) is 5.91 Å². The molecule has 1 fully saturated rings. The summed E-state index contributed by atoms with van der Waals surface area (Å²) in [6, 6.07) is 7.47. The van der Waals surface area contributed by atoms with E-state index in [0.717, 1.165) is 5.56 Å². The maximum Gasteiger partial charge on any atom is 0.234 e. The highest BCUT2D eigenvalue weighted by Gasteiger charge is 2.39. The summed E-state index contributed by atoms with van der Waals surface area (Å²) in [4.78, 5) is 14.0. The molecule has 1 saturated heterocycles. The summed E-state index contributed by atoms with van der Waals surface area (Å²) >= 11 is 5.84. The van der Waals surface area contributed by atoms with Crippen molar-refractivity contribution in [2.24, 2.45) is 0 Å². The van der Waals surface area contributed by atoms with Crippen LogP contribution < -0.4 is 5.32 Å². The van der Waals surface area contributed by atoms with E-state index in [1.54, 1.807) is 6.92 Å². The van der Waals surface area contributed by atoms with Gasteiger partial charge in [0.05, 0.1) is 23.6 Å². The van der Waals surface area contributed by atoms with E-state index in [0.29, 0.717) is 18.0 Å². The van der Waals surface area contributed by atoms with Crippen LogP contribution in [0.1, 0.15) is 18.9 Å². The molecule has 2 rings (SSSR count). The van der Waals surface area contributed by atoms with E-state index >= 15 is 0 Å². The number of carbonyl (C=O) groups is 1. The Hall–Kier alpha value is -1.11. The maximum atomic E-state index is 12.1. The third-order valence-electron chi connectivity index (χ3n) is 3.72. The Labute approximate surface area is 136 Å². The Morgan fingerprint density at radius 1 is 1.36 bits per heavy atom. The molecule has 122 valence electrons. The lowest BCUT2D eigenvalue weighted by Gasteiger charge is -2.25. The minimum absolute atomic E-state index is 0.0205. The van der Waals surface area contributed by atoms with E-state index in [4.69, 9.17) is 11.6 Å². The lowest BCUT2D eigenvalue weighted by Crippen LogP contribution is -2.49. The van der Waals surface area contributed by atoms with Crippen LogP contribution >= 0.6 is 11.6 Å². The summed E-state index contributed by atoms with van der Waals surface area (Å²) < 4.78 is 23.1. The van der Waals surface area contributed by atoms with Crippen molar-refractivity contribution in [2.75, 3.05) is 25.1 Å². The van der Waals surface area contributed by atoms with Crippen LogP contribution in [0.15, 0.2) is 24.3 Å². The van der Waals surface area contributed by atoms with Crippen LogP contribution in [0.2, 0.25) is 5.02 Å². The SMILES string of the molecule is CN(CC(=O)N[C@]1(C)CCS(=O)(=O)C1)Cc1ccc(Cl)cc1. The molecule has 1 aliphatic heterocycles. The molecule has 0 aromatic heterocycles. The summed E-state index contributed by atoms with van der Waals surface area (Å²) in [6.45, 7) is 2.63. The van der Waals surface area contributed by atoms with Gasteiger partial charge in [-0.15, -0.1) is 0 Å². The van der Waals surface area contributed by atoms with Gasteiger partial charge in [-0.2, -0.15) is 0 Å². The fourth-order valence-electron chi connectivity index (χ4n) is 2.69. The Morgan fingerprint density at radius 3 is 2.55 bits per heavy atom. The topological polar surface area (TPSA) is 66.5 Å². The fourth-order valence-corrected chi connectivity index (χ4v) is 4.91. The van der Waals surface area contributed by atoms with E-state index in [1.165, 1.54) is 0 Å². The number of halogens is 1. The van der Waals surface area contributed by atoms with Crippen LogP contribution in [0.4, 0.5) is 0 Å². The third-order valence-corrected chi connectivity index (χ3v) is 5.88. The molecular weight excluding hydrogens is 324 g/mol. The summed E-state index contributed by atoms with van der Waals surface area (Å²) in [5.74, 6) is 0.00730. The Bertz CT molecular complexity index is 645. The Balaban J connectivity index is 1.85.